The first-order chi connectivity index (χ1) is 15.9. The Morgan fingerprint density at radius 3 is 2.21 bits per heavy atom. The third kappa shape index (κ3) is 4.36. The molecule has 0 atom stereocenters. The van der Waals surface area contributed by atoms with Gasteiger partial charge in [-0.25, -0.2) is 4.39 Å². The Bertz CT molecular complexity index is 1270. The van der Waals surface area contributed by atoms with Crippen molar-refractivity contribution in [3.05, 3.63) is 111 Å². The van der Waals surface area contributed by atoms with E-state index in [-0.39, 0.29) is 29.1 Å². The van der Waals surface area contributed by atoms with Crippen LogP contribution in [0.3, 0.4) is 0 Å². The van der Waals surface area contributed by atoms with Crippen LogP contribution < -0.4 is 5.32 Å². The standard InChI is InChI=1S/C25H20FN3O4/c1-2-16-7-11-19(12-8-16)27-23-22(17-9-13-20(14-10-17)29(32)33)24(30)28(25(23)31)15-18-5-3-4-6-21(18)26/h3-14,27H,2,15H2,1H3. The lowest BCUT2D eigenvalue weighted by atomic mass is 10.0. The van der Waals surface area contributed by atoms with Gasteiger partial charge in [0.05, 0.1) is 17.0 Å². The molecule has 3 aromatic carbocycles. The monoisotopic (exact) mass is 445 g/mol. The van der Waals surface area contributed by atoms with E-state index in [0.29, 0.717) is 11.3 Å². The van der Waals surface area contributed by atoms with Gasteiger partial charge in [0.1, 0.15) is 11.5 Å². The maximum atomic E-state index is 14.2. The number of anilines is 1. The molecule has 3 aromatic rings. The van der Waals surface area contributed by atoms with Crippen molar-refractivity contribution < 1.29 is 18.9 Å². The van der Waals surface area contributed by atoms with Crippen LogP contribution in [0.1, 0.15) is 23.6 Å². The SMILES string of the molecule is CCc1ccc(NC2=C(c3ccc([N+](=O)[O-])cc3)C(=O)N(Cc3ccccc3F)C2=O)cc1. The first kappa shape index (κ1) is 21.9. The van der Waals surface area contributed by atoms with Crippen molar-refractivity contribution in [1.29, 1.82) is 0 Å². The maximum absolute atomic E-state index is 14.2. The molecule has 0 saturated carbocycles. The van der Waals surface area contributed by atoms with Gasteiger partial charge in [-0.1, -0.05) is 37.3 Å². The summed E-state index contributed by atoms with van der Waals surface area (Å²) in [6.45, 7) is 1.79. The van der Waals surface area contributed by atoms with Crippen molar-refractivity contribution in [1.82, 2.24) is 4.90 Å². The highest BCUT2D eigenvalue weighted by molar-refractivity contribution is 6.36. The zero-order valence-corrected chi connectivity index (χ0v) is 17.7. The van der Waals surface area contributed by atoms with Crippen LogP contribution in [0.2, 0.25) is 0 Å². The van der Waals surface area contributed by atoms with E-state index in [2.05, 4.69) is 5.32 Å². The predicted molar refractivity (Wildman–Crippen MR) is 121 cm³/mol. The molecule has 8 heteroatoms. The number of nitro groups is 1. The lowest BCUT2D eigenvalue weighted by molar-refractivity contribution is -0.384. The molecule has 0 aromatic heterocycles. The fourth-order valence-electron chi connectivity index (χ4n) is 3.62. The Hall–Kier alpha value is -4.33. The lowest BCUT2D eigenvalue weighted by Crippen LogP contribution is -2.32. The summed E-state index contributed by atoms with van der Waals surface area (Å²) in [5, 5.41) is 14.0. The molecule has 0 spiro atoms. The Kier molecular flexibility index (Phi) is 5.99. The number of nitrogens with one attached hydrogen (secondary N) is 1. The number of nitrogens with zero attached hydrogens (tertiary/aromatic N) is 2. The molecule has 1 N–H and O–H groups in total. The van der Waals surface area contributed by atoms with Crippen LogP contribution in [-0.4, -0.2) is 21.6 Å². The summed E-state index contributed by atoms with van der Waals surface area (Å²) < 4.78 is 14.2. The number of amides is 2. The van der Waals surface area contributed by atoms with Crippen molar-refractivity contribution in [3.63, 3.8) is 0 Å². The van der Waals surface area contributed by atoms with Crippen LogP contribution in [0.15, 0.2) is 78.5 Å². The van der Waals surface area contributed by atoms with Gasteiger partial charge in [-0.15, -0.1) is 0 Å². The van der Waals surface area contributed by atoms with E-state index < -0.39 is 22.6 Å². The molecule has 0 fully saturated rings. The summed E-state index contributed by atoms with van der Waals surface area (Å²) in [5.74, 6) is -1.73. The molecule has 33 heavy (non-hydrogen) atoms. The minimum atomic E-state index is -0.607. The van der Waals surface area contributed by atoms with Gasteiger partial charge < -0.3 is 5.32 Å². The number of imide groups is 1. The van der Waals surface area contributed by atoms with E-state index in [1.54, 1.807) is 18.2 Å². The van der Waals surface area contributed by atoms with Gasteiger partial charge in [0.15, 0.2) is 0 Å². The number of carbonyl (C=O) groups excluding carboxylic acids is 2. The molecular formula is C25H20FN3O4. The summed E-state index contributed by atoms with van der Waals surface area (Å²) in [6.07, 6.45) is 0.852. The van der Waals surface area contributed by atoms with Gasteiger partial charge in [-0.3, -0.25) is 24.6 Å². The van der Waals surface area contributed by atoms with Crippen molar-refractivity contribution in [2.24, 2.45) is 0 Å². The summed E-state index contributed by atoms with van der Waals surface area (Å²) in [6, 6.07) is 18.7. The van der Waals surface area contributed by atoms with Crippen molar-refractivity contribution in [2.45, 2.75) is 19.9 Å². The van der Waals surface area contributed by atoms with E-state index in [1.165, 1.54) is 42.5 Å². The fourth-order valence-corrected chi connectivity index (χ4v) is 3.62. The van der Waals surface area contributed by atoms with E-state index in [1.807, 2.05) is 19.1 Å². The molecule has 7 nitrogen and oxygen atoms in total. The Morgan fingerprint density at radius 1 is 0.939 bits per heavy atom. The fraction of sp³-hybridized carbons (Fsp3) is 0.120. The highest BCUT2D eigenvalue weighted by Crippen LogP contribution is 2.32. The highest BCUT2D eigenvalue weighted by Gasteiger charge is 2.39. The minimum absolute atomic E-state index is 0.0365. The van der Waals surface area contributed by atoms with E-state index in [4.69, 9.17) is 0 Å². The second kappa shape index (κ2) is 9.04. The predicted octanol–water partition coefficient (Wildman–Crippen LogP) is 4.69. The molecule has 0 radical (unpaired) electrons. The number of rotatable bonds is 7. The first-order valence-corrected chi connectivity index (χ1v) is 10.3. The number of hydrogen-bond donors (Lipinski definition) is 1. The van der Waals surface area contributed by atoms with Crippen molar-refractivity contribution >= 4 is 28.8 Å². The molecule has 1 heterocycles. The minimum Gasteiger partial charge on any atom is -0.350 e. The smallest absolute Gasteiger partial charge is 0.278 e. The van der Waals surface area contributed by atoms with Crippen LogP contribution in [0.4, 0.5) is 15.8 Å². The summed E-state index contributed by atoms with van der Waals surface area (Å²) in [7, 11) is 0. The molecule has 166 valence electrons. The van der Waals surface area contributed by atoms with Gasteiger partial charge in [-0.05, 0) is 47.9 Å². The molecule has 4 rings (SSSR count). The molecule has 0 saturated heterocycles. The zero-order valence-electron chi connectivity index (χ0n) is 17.7. The summed E-state index contributed by atoms with van der Waals surface area (Å²) >= 11 is 0. The number of halogens is 1. The van der Waals surface area contributed by atoms with Gasteiger partial charge in [0.25, 0.3) is 17.5 Å². The van der Waals surface area contributed by atoms with Crippen LogP contribution in [-0.2, 0) is 22.6 Å². The van der Waals surface area contributed by atoms with Gasteiger partial charge in [0.2, 0.25) is 0 Å². The molecule has 2 amide bonds. The quantitative estimate of drug-likeness (QED) is 0.324. The zero-order chi connectivity index (χ0) is 23.5. The van der Waals surface area contributed by atoms with Crippen LogP contribution in [0.25, 0.3) is 5.57 Å². The lowest BCUT2D eigenvalue weighted by Gasteiger charge is -2.16. The third-order valence-corrected chi connectivity index (χ3v) is 5.45. The summed E-state index contributed by atoms with van der Waals surface area (Å²) in [4.78, 5) is 38.0. The molecule has 0 unspecified atom stereocenters. The van der Waals surface area contributed by atoms with Crippen molar-refractivity contribution in [2.75, 3.05) is 5.32 Å². The average molecular weight is 445 g/mol. The summed E-state index contributed by atoms with van der Waals surface area (Å²) in [5.41, 5.74) is 2.25. The Balaban J connectivity index is 1.74. The Morgan fingerprint density at radius 2 is 1.61 bits per heavy atom. The number of non-ortho nitro benzene ring substituents is 1. The third-order valence-electron chi connectivity index (χ3n) is 5.45. The number of aryl methyl sites for hydroxylation is 1. The van der Waals surface area contributed by atoms with Gasteiger partial charge in [0, 0.05) is 23.4 Å². The second-order valence-corrected chi connectivity index (χ2v) is 7.52. The number of hydrogen-bond acceptors (Lipinski definition) is 5. The molecular weight excluding hydrogens is 425 g/mol. The van der Waals surface area contributed by atoms with E-state index >= 15 is 0 Å². The molecule has 0 aliphatic carbocycles. The van der Waals surface area contributed by atoms with E-state index in [9.17, 15) is 24.1 Å². The van der Waals surface area contributed by atoms with E-state index in [0.717, 1.165) is 16.9 Å². The number of carbonyl (C=O) groups is 2. The van der Waals surface area contributed by atoms with Gasteiger partial charge in [-0.2, -0.15) is 0 Å². The first-order valence-electron chi connectivity index (χ1n) is 10.3. The molecule has 0 bridgehead atoms. The second-order valence-electron chi connectivity index (χ2n) is 7.52. The van der Waals surface area contributed by atoms with Crippen LogP contribution in [0, 0.1) is 15.9 Å². The van der Waals surface area contributed by atoms with Gasteiger partial charge >= 0.3 is 0 Å². The molecule has 1 aliphatic heterocycles. The maximum Gasteiger partial charge on any atom is 0.278 e. The van der Waals surface area contributed by atoms with Crippen LogP contribution in [0.5, 0.6) is 0 Å². The number of nitro benzene ring substituents is 1. The average Bonchev–Trinajstić information content (AvgIpc) is 3.05. The largest absolute Gasteiger partial charge is 0.350 e. The Labute approximate surface area is 189 Å². The number of benzene rings is 3. The highest BCUT2D eigenvalue weighted by atomic mass is 19.1. The normalized spacial score (nSPS) is 13.6. The molecule has 1 aliphatic rings. The van der Waals surface area contributed by atoms with Crippen molar-refractivity contribution in [3.8, 4) is 0 Å². The topological polar surface area (TPSA) is 92.6 Å². The van der Waals surface area contributed by atoms with Crippen LogP contribution >= 0.6 is 0 Å².